The number of fused-ring (bicyclic) bond motifs is 3. The lowest BCUT2D eigenvalue weighted by Gasteiger charge is -2.12. The minimum absolute atomic E-state index is 0.838. The van der Waals surface area contributed by atoms with Crippen LogP contribution in [0.5, 0.6) is 0 Å². The molecule has 0 atom stereocenters. The summed E-state index contributed by atoms with van der Waals surface area (Å²) in [5, 5.41) is 3.36. The summed E-state index contributed by atoms with van der Waals surface area (Å²) in [5.41, 5.74) is 2.92. The second-order valence-corrected chi connectivity index (χ2v) is 4.80. The quantitative estimate of drug-likeness (QED) is 0.773. The summed E-state index contributed by atoms with van der Waals surface area (Å²) in [4.78, 5) is 11.2. The third kappa shape index (κ3) is 2.24. The van der Waals surface area contributed by atoms with Gasteiger partial charge in [-0.1, -0.05) is 12.1 Å². The molecule has 0 bridgehead atoms. The summed E-state index contributed by atoms with van der Waals surface area (Å²) in [7, 11) is 4.11. The number of nitrogens with one attached hydrogen (secondary N) is 1. The predicted molar refractivity (Wildman–Crippen MR) is 77.5 cm³/mol. The number of hydrogen-bond acceptors (Lipinski definition) is 4. The number of hydrogen-bond donors (Lipinski definition) is 1. The molecular formula is C14H17N5. The molecule has 2 heterocycles. The van der Waals surface area contributed by atoms with E-state index < -0.39 is 0 Å². The van der Waals surface area contributed by atoms with Crippen molar-refractivity contribution in [1.82, 2.24) is 19.3 Å². The molecule has 2 aromatic heterocycles. The average molecular weight is 255 g/mol. The summed E-state index contributed by atoms with van der Waals surface area (Å²) in [6.07, 6.45) is 3.77. The highest BCUT2D eigenvalue weighted by Gasteiger charge is 2.08. The molecule has 3 aromatic rings. The molecule has 0 aliphatic heterocycles. The fourth-order valence-electron chi connectivity index (χ4n) is 2.12. The highest BCUT2D eigenvalue weighted by Crippen LogP contribution is 2.19. The van der Waals surface area contributed by atoms with Crippen LogP contribution in [0.3, 0.4) is 0 Å². The Kier molecular flexibility index (Phi) is 3.05. The largest absolute Gasteiger partial charge is 0.366 e. The maximum Gasteiger partial charge on any atom is 0.180 e. The van der Waals surface area contributed by atoms with Crippen molar-refractivity contribution in [3.8, 4) is 0 Å². The number of rotatable bonds is 4. The molecule has 0 unspecified atom stereocenters. The topological polar surface area (TPSA) is 45.5 Å². The van der Waals surface area contributed by atoms with E-state index in [1.165, 1.54) is 0 Å². The third-order valence-electron chi connectivity index (χ3n) is 3.08. The molecule has 3 rings (SSSR count). The molecule has 19 heavy (non-hydrogen) atoms. The molecule has 0 amide bonds. The van der Waals surface area contributed by atoms with Crippen molar-refractivity contribution in [3.63, 3.8) is 0 Å². The van der Waals surface area contributed by atoms with Crippen molar-refractivity contribution < 1.29 is 0 Å². The van der Waals surface area contributed by atoms with E-state index in [-0.39, 0.29) is 0 Å². The van der Waals surface area contributed by atoms with Gasteiger partial charge in [0.25, 0.3) is 0 Å². The van der Waals surface area contributed by atoms with Crippen LogP contribution in [0.25, 0.3) is 16.7 Å². The van der Waals surface area contributed by atoms with Gasteiger partial charge in [-0.3, -0.25) is 4.40 Å². The van der Waals surface area contributed by atoms with Gasteiger partial charge in [0.2, 0.25) is 0 Å². The first kappa shape index (κ1) is 11.9. The number of likely N-dealkylation sites (N-methyl/N-ethyl adjacent to an activating group) is 1. The van der Waals surface area contributed by atoms with Crippen molar-refractivity contribution in [2.75, 3.05) is 32.5 Å². The summed E-state index contributed by atoms with van der Waals surface area (Å²) < 4.78 is 2.07. The summed E-state index contributed by atoms with van der Waals surface area (Å²) >= 11 is 0. The van der Waals surface area contributed by atoms with Gasteiger partial charge in [0.05, 0.1) is 11.0 Å². The fraction of sp³-hybridized carbons (Fsp3) is 0.286. The van der Waals surface area contributed by atoms with Gasteiger partial charge in [-0.05, 0) is 26.2 Å². The molecule has 0 aliphatic rings. The van der Waals surface area contributed by atoms with E-state index in [1.807, 2.05) is 24.4 Å². The molecule has 0 radical (unpaired) electrons. The van der Waals surface area contributed by atoms with Gasteiger partial charge in [0.1, 0.15) is 0 Å². The van der Waals surface area contributed by atoms with Gasteiger partial charge in [-0.2, -0.15) is 0 Å². The number of benzene rings is 1. The van der Waals surface area contributed by atoms with Crippen LogP contribution in [0, 0.1) is 0 Å². The van der Waals surface area contributed by atoms with Crippen LogP contribution in [0.15, 0.2) is 36.7 Å². The SMILES string of the molecule is CN(C)CCNc1nc2ccccc2n2ccnc12. The van der Waals surface area contributed by atoms with Crippen molar-refractivity contribution in [3.05, 3.63) is 36.7 Å². The molecule has 0 saturated carbocycles. The van der Waals surface area contributed by atoms with Gasteiger partial charge in [0, 0.05) is 25.5 Å². The molecule has 5 nitrogen and oxygen atoms in total. The van der Waals surface area contributed by atoms with Crippen molar-refractivity contribution in [2.24, 2.45) is 0 Å². The maximum absolute atomic E-state index is 4.66. The van der Waals surface area contributed by atoms with E-state index in [4.69, 9.17) is 0 Å². The number of para-hydroxylation sites is 2. The molecule has 1 aromatic carbocycles. The van der Waals surface area contributed by atoms with E-state index in [1.54, 1.807) is 6.20 Å². The zero-order valence-electron chi connectivity index (χ0n) is 11.2. The lowest BCUT2D eigenvalue weighted by molar-refractivity contribution is 0.425. The zero-order chi connectivity index (χ0) is 13.2. The van der Waals surface area contributed by atoms with Crippen LogP contribution < -0.4 is 5.32 Å². The van der Waals surface area contributed by atoms with Gasteiger partial charge in [0.15, 0.2) is 11.5 Å². The van der Waals surface area contributed by atoms with Crippen LogP contribution in [0.1, 0.15) is 0 Å². The fourth-order valence-corrected chi connectivity index (χ4v) is 2.12. The molecule has 0 spiro atoms. The van der Waals surface area contributed by atoms with E-state index in [2.05, 4.69) is 44.7 Å². The third-order valence-corrected chi connectivity index (χ3v) is 3.08. The van der Waals surface area contributed by atoms with Crippen LogP contribution in [-0.2, 0) is 0 Å². The molecule has 0 fully saturated rings. The Morgan fingerprint density at radius 3 is 2.95 bits per heavy atom. The Hall–Kier alpha value is -2.14. The van der Waals surface area contributed by atoms with Crippen LogP contribution >= 0.6 is 0 Å². The molecule has 1 N–H and O–H groups in total. The standard InChI is InChI=1S/C14H17N5/c1-18(2)9-7-15-13-14-16-8-10-19(14)12-6-4-3-5-11(12)17-13/h3-6,8,10H,7,9H2,1-2H3,(H,15,17). The van der Waals surface area contributed by atoms with Crippen LogP contribution in [0.2, 0.25) is 0 Å². The summed E-state index contributed by atoms with van der Waals surface area (Å²) in [6, 6.07) is 8.09. The number of aromatic nitrogens is 3. The van der Waals surface area contributed by atoms with Gasteiger partial charge >= 0.3 is 0 Å². The lowest BCUT2D eigenvalue weighted by Crippen LogP contribution is -2.21. The normalized spacial score (nSPS) is 11.5. The minimum Gasteiger partial charge on any atom is -0.366 e. The van der Waals surface area contributed by atoms with E-state index in [0.29, 0.717) is 0 Å². The Morgan fingerprint density at radius 2 is 2.11 bits per heavy atom. The van der Waals surface area contributed by atoms with Crippen LogP contribution in [0.4, 0.5) is 5.82 Å². The Balaban J connectivity index is 2.04. The highest BCUT2D eigenvalue weighted by atomic mass is 15.1. The van der Waals surface area contributed by atoms with Crippen LogP contribution in [-0.4, -0.2) is 46.5 Å². The first-order valence-corrected chi connectivity index (χ1v) is 6.36. The molecule has 0 aliphatic carbocycles. The number of imidazole rings is 1. The highest BCUT2D eigenvalue weighted by molar-refractivity contribution is 5.82. The number of nitrogens with zero attached hydrogens (tertiary/aromatic N) is 4. The first-order valence-electron chi connectivity index (χ1n) is 6.36. The number of anilines is 1. The maximum atomic E-state index is 4.66. The predicted octanol–water partition coefficient (Wildman–Crippen LogP) is 1.86. The average Bonchev–Trinajstić information content (AvgIpc) is 2.88. The molecule has 0 saturated heterocycles. The van der Waals surface area contributed by atoms with E-state index in [9.17, 15) is 0 Å². The first-order chi connectivity index (χ1) is 9.25. The van der Waals surface area contributed by atoms with Crippen molar-refractivity contribution in [2.45, 2.75) is 0 Å². The second kappa shape index (κ2) is 4.85. The lowest BCUT2D eigenvalue weighted by atomic mass is 10.3. The second-order valence-electron chi connectivity index (χ2n) is 4.80. The molecule has 5 heteroatoms. The molecular weight excluding hydrogens is 238 g/mol. The monoisotopic (exact) mass is 255 g/mol. The van der Waals surface area contributed by atoms with Gasteiger partial charge in [-0.25, -0.2) is 9.97 Å². The van der Waals surface area contributed by atoms with Crippen molar-refractivity contribution >= 4 is 22.5 Å². The molecule has 98 valence electrons. The van der Waals surface area contributed by atoms with E-state index >= 15 is 0 Å². The Bertz CT molecular complexity index is 701. The smallest absolute Gasteiger partial charge is 0.180 e. The Morgan fingerprint density at radius 1 is 1.26 bits per heavy atom. The summed E-state index contributed by atoms with van der Waals surface area (Å²) in [5.74, 6) is 0.838. The zero-order valence-corrected chi connectivity index (χ0v) is 11.2. The Labute approximate surface area is 111 Å². The van der Waals surface area contributed by atoms with Crippen molar-refractivity contribution in [1.29, 1.82) is 0 Å². The minimum atomic E-state index is 0.838. The van der Waals surface area contributed by atoms with Gasteiger partial charge in [-0.15, -0.1) is 0 Å². The van der Waals surface area contributed by atoms with E-state index in [0.717, 1.165) is 35.6 Å². The van der Waals surface area contributed by atoms with Gasteiger partial charge < -0.3 is 10.2 Å². The summed E-state index contributed by atoms with van der Waals surface area (Å²) in [6.45, 7) is 1.81.